The minimum atomic E-state index is -0.950. The minimum Gasteiger partial charge on any atom is -0.481 e. The van der Waals surface area contributed by atoms with Crippen LogP contribution in [0.1, 0.15) is 36.2 Å². The first-order chi connectivity index (χ1) is 17.7. The molecule has 0 aliphatic carbocycles. The monoisotopic (exact) mass is 542 g/mol. The average Bonchev–Trinajstić information content (AvgIpc) is 2.84. The summed E-state index contributed by atoms with van der Waals surface area (Å²) in [5.41, 5.74) is 4.43. The van der Waals surface area contributed by atoms with Crippen molar-refractivity contribution in [3.05, 3.63) is 87.9 Å². The van der Waals surface area contributed by atoms with Crippen LogP contribution in [-0.4, -0.2) is 42.8 Å². The number of anilines is 1. The molecule has 0 heterocycles. The maximum Gasteiger partial charge on any atom is 0.305 e. The Balaban J connectivity index is 1.66. The SMILES string of the molecule is CC(C)COCC(Cc1ccc(-c2ccc(Cl)cc2Cl)cc1)Nc1ccc(C(=O)NCCC(=O)O)cc1. The zero-order valence-corrected chi connectivity index (χ0v) is 22.5. The molecule has 3 rings (SSSR count). The van der Waals surface area contributed by atoms with Gasteiger partial charge in [-0.3, -0.25) is 9.59 Å². The lowest BCUT2D eigenvalue weighted by atomic mass is 10.0. The molecular weight excluding hydrogens is 511 g/mol. The predicted octanol–water partition coefficient (Wildman–Crippen LogP) is 6.56. The van der Waals surface area contributed by atoms with Crippen molar-refractivity contribution >= 4 is 40.8 Å². The molecule has 0 spiro atoms. The standard InChI is InChI=1S/C29H32Cl2N2O4/c1-19(2)17-37-18-25(33-24-10-7-22(8-11-24)29(36)32-14-13-28(34)35)15-20-3-5-21(6-4-20)26-12-9-23(30)16-27(26)31/h3-12,16,19,25,33H,13-15,17-18H2,1-2H3,(H,32,36)(H,34,35). The summed E-state index contributed by atoms with van der Waals surface area (Å²) >= 11 is 12.4. The molecule has 3 aromatic rings. The van der Waals surface area contributed by atoms with Crippen LogP contribution >= 0.6 is 23.2 Å². The number of carbonyl (C=O) groups is 2. The van der Waals surface area contributed by atoms with E-state index < -0.39 is 5.97 Å². The molecule has 1 amide bonds. The number of rotatable bonds is 13. The maximum absolute atomic E-state index is 12.2. The number of carboxylic acids is 1. The summed E-state index contributed by atoms with van der Waals surface area (Å²) in [4.78, 5) is 22.8. The van der Waals surface area contributed by atoms with Crippen molar-refractivity contribution in [2.24, 2.45) is 5.92 Å². The molecule has 3 aromatic carbocycles. The van der Waals surface area contributed by atoms with E-state index in [1.165, 1.54) is 0 Å². The van der Waals surface area contributed by atoms with E-state index in [0.29, 0.717) is 34.7 Å². The molecule has 1 unspecified atom stereocenters. The lowest BCUT2D eigenvalue weighted by Gasteiger charge is -2.21. The van der Waals surface area contributed by atoms with Gasteiger partial charge in [0.1, 0.15) is 0 Å². The number of benzene rings is 3. The minimum absolute atomic E-state index is 0.0129. The molecule has 8 heteroatoms. The molecule has 0 aliphatic heterocycles. The van der Waals surface area contributed by atoms with E-state index >= 15 is 0 Å². The van der Waals surface area contributed by atoms with Gasteiger partial charge in [-0.2, -0.15) is 0 Å². The Bertz CT molecular complexity index is 1180. The van der Waals surface area contributed by atoms with Gasteiger partial charge in [0.15, 0.2) is 0 Å². The van der Waals surface area contributed by atoms with E-state index in [9.17, 15) is 9.59 Å². The Hall–Kier alpha value is -3.06. The van der Waals surface area contributed by atoms with Crippen molar-refractivity contribution in [3.8, 4) is 11.1 Å². The second-order valence-corrected chi connectivity index (χ2v) is 10.1. The van der Waals surface area contributed by atoms with E-state index in [1.807, 2.05) is 36.4 Å². The summed E-state index contributed by atoms with van der Waals surface area (Å²) in [7, 11) is 0. The Morgan fingerprint density at radius 2 is 1.65 bits per heavy atom. The zero-order chi connectivity index (χ0) is 26.8. The van der Waals surface area contributed by atoms with Crippen molar-refractivity contribution in [3.63, 3.8) is 0 Å². The number of aliphatic carboxylic acids is 1. The Kier molecular flexibility index (Phi) is 10.8. The number of ether oxygens (including phenoxy) is 1. The Morgan fingerprint density at radius 3 is 2.27 bits per heavy atom. The quantitative estimate of drug-likeness (QED) is 0.227. The third kappa shape index (κ3) is 9.39. The number of hydrogen-bond acceptors (Lipinski definition) is 4. The number of nitrogens with one attached hydrogen (secondary N) is 2. The summed E-state index contributed by atoms with van der Waals surface area (Å²) in [5, 5.41) is 16.1. The number of halogens is 2. The third-order valence-electron chi connectivity index (χ3n) is 5.59. The normalized spacial score (nSPS) is 11.8. The molecule has 37 heavy (non-hydrogen) atoms. The molecule has 0 saturated carbocycles. The fourth-order valence-corrected chi connectivity index (χ4v) is 4.28. The van der Waals surface area contributed by atoms with Gasteiger partial charge in [-0.05, 0) is 59.9 Å². The molecule has 0 fully saturated rings. The summed E-state index contributed by atoms with van der Waals surface area (Å²) in [6.07, 6.45) is 0.626. The zero-order valence-electron chi connectivity index (χ0n) is 21.0. The van der Waals surface area contributed by atoms with Crippen LogP contribution in [0, 0.1) is 5.92 Å². The van der Waals surface area contributed by atoms with Gasteiger partial charge in [-0.1, -0.05) is 67.4 Å². The van der Waals surface area contributed by atoms with Gasteiger partial charge in [0.2, 0.25) is 0 Å². The number of carbonyl (C=O) groups excluding carboxylic acids is 1. The molecule has 0 bridgehead atoms. The molecular formula is C29H32Cl2N2O4. The first-order valence-corrected chi connectivity index (χ1v) is 13.0. The van der Waals surface area contributed by atoms with E-state index in [2.05, 4.69) is 36.6 Å². The fourth-order valence-electron chi connectivity index (χ4n) is 3.76. The molecule has 3 N–H and O–H groups in total. The van der Waals surface area contributed by atoms with Crippen LogP contribution in [0.2, 0.25) is 10.0 Å². The fraction of sp³-hybridized carbons (Fsp3) is 0.310. The average molecular weight is 543 g/mol. The highest BCUT2D eigenvalue weighted by atomic mass is 35.5. The summed E-state index contributed by atoms with van der Waals surface area (Å²) in [6.45, 7) is 5.51. The van der Waals surface area contributed by atoms with E-state index in [-0.39, 0.29) is 24.9 Å². The third-order valence-corrected chi connectivity index (χ3v) is 6.14. The largest absolute Gasteiger partial charge is 0.481 e. The topological polar surface area (TPSA) is 87.7 Å². The molecule has 0 aromatic heterocycles. The number of amides is 1. The second-order valence-electron chi connectivity index (χ2n) is 9.27. The van der Waals surface area contributed by atoms with Crippen molar-refractivity contribution < 1.29 is 19.4 Å². The van der Waals surface area contributed by atoms with Gasteiger partial charge >= 0.3 is 5.97 Å². The van der Waals surface area contributed by atoms with Crippen LogP contribution in [0.25, 0.3) is 11.1 Å². The summed E-state index contributed by atoms with van der Waals surface area (Å²) in [6, 6.07) is 20.9. The van der Waals surface area contributed by atoms with Crippen LogP contribution in [0.15, 0.2) is 66.7 Å². The van der Waals surface area contributed by atoms with Gasteiger partial charge in [-0.15, -0.1) is 0 Å². The molecule has 1 atom stereocenters. The highest BCUT2D eigenvalue weighted by molar-refractivity contribution is 6.36. The van der Waals surface area contributed by atoms with Crippen molar-refractivity contribution in [2.45, 2.75) is 32.7 Å². The van der Waals surface area contributed by atoms with Crippen molar-refractivity contribution in [1.29, 1.82) is 0 Å². The van der Waals surface area contributed by atoms with E-state index in [1.54, 1.807) is 18.2 Å². The smallest absolute Gasteiger partial charge is 0.305 e. The van der Waals surface area contributed by atoms with Gasteiger partial charge in [0, 0.05) is 40.0 Å². The van der Waals surface area contributed by atoms with Gasteiger partial charge in [-0.25, -0.2) is 0 Å². The van der Waals surface area contributed by atoms with Gasteiger partial charge < -0.3 is 20.5 Å². The number of hydrogen-bond donors (Lipinski definition) is 3. The molecule has 0 saturated heterocycles. The van der Waals surface area contributed by atoms with Gasteiger partial charge in [0.05, 0.1) is 19.1 Å². The highest BCUT2D eigenvalue weighted by Gasteiger charge is 2.13. The summed E-state index contributed by atoms with van der Waals surface area (Å²) < 4.78 is 5.94. The Labute approximate surface area is 227 Å². The van der Waals surface area contributed by atoms with Crippen LogP contribution in [0.4, 0.5) is 5.69 Å². The van der Waals surface area contributed by atoms with Gasteiger partial charge in [0.25, 0.3) is 5.91 Å². The molecule has 0 aliphatic rings. The van der Waals surface area contributed by atoms with Crippen molar-refractivity contribution in [1.82, 2.24) is 5.32 Å². The van der Waals surface area contributed by atoms with Crippen LogP contribution in [0.5, 0.6) is 0 Å². The lowest BCUT2D eigenvalue weighted by molar-refractivity contribution is -0.136. The van der Waals surface area contributed by atoms with E-state index in [0.717, 1.165) is 28.8 Å². The highest BCUT2D eigenvalue weighted by Crippen LogP contribution is 2.30. The van der Waals surface area contributed by atoms with Crippen LogP contribution < -0.4 is 10.6 Å². The molecule has 196 valence electrons. The Morgan fingerprint density at radius 1 is 0.946 bits per heavy atom. The predicted molar refractivity (Wildman–Crippen MR) is 150 cm³/mol. The lowest BCUT2D eigenvalue weighted by Crippen LogP contribution is -2.29. The second kappa shape index (κ2) is 14.0. The summed E-state index contributed by atoms with van der Waals surface area (Å²) in [5.74, 6) is -0.817. The maximum atomic E-state index is 12.2. The molecule has 0 radical (unpaired) electrons. The van der Waals surface area contributed by atoms with Crippen LogP contribution in [-0.2, 0) is 16.0 Å². The van der Waals surface area contributed by atoms with Crippen LogP contribution in [0.3, 0.4) is 0 Å². The number of carboxylic acid groups (broad SMARTS) is 1. The first kappa shape index (κ1) is 28.5. The van der Waals surface area contributed by atoms with E-state index in [4.69, 9.17) is 33.0 Å². The van der Waals surface area contributed by atoms with Crippen molar-refractivity contribution in [2.75, 3.05) is 25.1 Å². The first-order valence-electron chi connectivity index (χ1n) is 12.2. The molecule has 6 nitrogen and oxygen atoms in total.